The lowest BCUT2D eigenvalue weighted by Gasteiger charge is -2.33. The minimum Gasteiger partial charge on any atom is -0.282 e. The highest BCUT2D eigenvalue weighted by Crippen LogP contribution is 2.33. The third-order valence-corrected chi connectivity index (χ3v) is 9.09. The molecule has 2 aromatic carbocycles. The average Bonchev–Trinajstić information content (AvgIpc) is 3.31. The molecule has 1 amide bonds. The van der Waals surface area contributed by atoms with Crippen LogP contribution in [0.15, 0.2) is 71.8 Å². The Balaban J connectivity index is 1.37. The third kappa shape index (κ3) is 4.99. The fourth-order valence-corrected chi connectivity index (χ4v) is 6.68. The molecule has 5 rings (SSSR count). The smallest absolute Gasteiger partial charge is 0.243 e. The Morgan fingerprint density at radius 2 is 1.75 bits per heavy atom. The van der Waals surface area contributed by atoms with E-state index < -0.39 is 21.8 Å². The van der Waals surface area contributed by atoms with Crippen molar-refractivity contribution in [2.45, 2.75) is 24.3 Å². The van der Waals surface area contributed by atoms with Gasteiger partial charge < -0.3 is 0 Å². The number of rotatable bonds is 6. The molecular weight excluding hydrogens is 506 g/mol. The van der Waals surface area contributed by atoms with Gasteiger partial charge in [0.1, 0.15) is 11.6 Å². The van der Waals surface area contributed by atoms with Gasteiger partial charge in [0.05, 0.1) is 27.4 Å². The molecule has 1 fully saturated rings. The number of aromatic nitrogens is 2. The van der Waals surface area contributed by atoms with Gasteiger partial charge in [0.2, 0.25) is 15.9 Å². The van der Waals surface area contributed by atoms with Crippen molar-refractivity contribution in [1.29, 1.82) is 0 Å². The van der Waals surface area contributed by atoms with Crippen LogP contribution >= 0.6 is 11.3 Å². The number of fused-ring (bicyclic) bond motifs is 1. The van der Waals surface area contributed by atoms with Crippen LogP contribution in [0.3, 0.4) is 0 Å². The fourth-order valence-electron chi connectivity index (χ4n) is 4.21. The van der Waals surface area contributed by atoms with Crippen molar-refractivity contribution in [3.63, 3.8) is 0 Å². The lowest BCUT2D eigenvalue weighted by Crippen LogP contribution is -2.44. The lowest BCUT2D eigenvalue weighted by molar-refractivity contribution is -0.123. The molecule has 4 aromatic rings. The van der Waals surface area contributed by atoms with Gasteiger partial charge in [0.15, 0.2) is 5.13 Å². The van der Waals surface area contributed by atoms with Crippen LogP contribution < -0.4 is 4.90 Å². The summed E-state index contributed by atoms with van der Waals surface area (Å²) >= 11 is 1.22. The molecule has 0 N–H and O–H groups in total. The van der Waals surface area contributed by atoms with Gasteiger partial charge in [-0.05, 0) is 67.4 Å². The molecule has 0 saturated carbocycles. The first-order valence-corrected chi connectivity index (χ1v) is 13.6. The molecule has 186 valence electrons. The number of halogens is 2. The number of hydrogen-bond donors (Lipinski definition) is 0. The number of piperidine rings is 1. The summed E-state index contributed by atoms with van der Waals surface area (Å²) in [6.07, 6.45) is 2.31. The second-order valence-corrected chi connectivity index (χ2v) is 11.4. The number of nitrogens with zero attached hydrogens (tertiary/aromatic N) is 4. The molecule has 11 heteroatoms. The summed E-state index contributed by atoms with van der Waals surface area (Å²) in [6.45, 7) is 0.521. The largest absolute Gasteiger partial charge is 0.282 e. The summed E-state index contributed by atoms with van der Waals surface area (Å²) in [5.41, 5.74) is 1.27. The highest BCUT2D eigenvalue weighted by atomic mass is 32.2. The van der Waals surface area contributed by atoms with Crippen LogP contribution in [0.1, 0.15) is 18.5 Å². The molecule has 2 aromatic heterocycles. The Labute approximate surface area is 211 Å². The molecule has 36 heavy (non-hydrogen) atoms. The van der Waals surface area contributed by atoms with Gasteiger partial charge in [0.25, 0.3) is 0 Å². The zero-order valence-corrected chi connectivity index (χ0v) is 20.7. The normalized spacial score (nSPS) is 15.3. The molecule has 0 aliphatic carbocycles. The number of benzene rings is 2. The van der Waals surface area contributed by atoms with Gasteiger partial charge in [-0.25, -0.2) is 22.2 Å². The molecule has 1 aliphatic rings. The van der Waals surface area contributed by atoms with Gasteiger partial charge in [-0.3, -0.25) is 14.7 Å². The second-order valence-electron chi connectivity index (χ2n) is 8.49. The van der Waals surface area contributed by atoms with Gasteiger partial charge >= 0.3 is 0 Å². The van der Waals surface area contributed by atoms with E-state index in [4.69, 9.17) is 0 Å². The Morgan fingerprint density at radius 1 is 1.03 bits per heavy atom. The molecule has 0 spiro atoms. The first-order valence-electron chi connectivity index (χ1n) is 11.3. The standard InChI is InChI=1S/C25H22F2N4O3S2/c26-18-4-7-21(8-5-18)36(33,34)30-13-10-17(11-14-30)24(32)31(16-20-3-1-2-12-28-20)25-29-22-9-6-19(27)15-23(22)35-25/h1-9,12,15,17H,10-11,13-14,16H2. The zero-order valence-electron chi connectivity index (χ0n) is 19.0. The molecule has 0 radical (unpaired) electrons. The number of hydrogen-bond acceptors (Lipinski definition) is 6. The van der Waals surface area contributed by atoms with Gasteiger partial charge in [-0.1, -0.05) is 17.4 Å². The Kier molecular flexibility index (Phi) is 6.78. The number of amides is 1. The number of sulfonamides is 1. The highest BCUT2D eigenvalue weighted by Gasteiger charge is 2.35. The number of pyridine rings is 1. The van der Waals surface area contributed by atoms with Crippen molar-refractivity contribution in [2.75, 3.05) is 18.0 Å². The number of anilines is 1. The van der Waals surface area contributed by atoms with Crippen LogP contribution in [-0.4, -0.2) is 41.7 Å². The van der Waals surface area contributed by atoms with Crippen LogP contribution in [-0.2, 0) is 21.4 Å². The maximum absolute atomic E-state index is 13.7. The van der Waals surface area contributed by atoms with E-state index in [-0.39, 0.29) is 36.3 Å². The van der Waals surface area contributed by atoms with E-state index in [1.807, 2.05) is 12.1 Å². The van der Waals surface area contributed by atoms with Crippen LogP contribution in [0.25, 0.3) is 10.2 Å². The number of carbonyl (C=O) groups excluding carboxylic acids is 1. The van der Waals surface area contributed by atoms with Crippen LogP contribution in [0.2, 0.25) is 0 Å². The number of carbonyl (C=O) groups is 1. The summed E-state index contributed by atoms with van der Waals surface area (Å²) < 4.78 is 54.8. The van der Waals surface area contributed by atoms with Crippen molar-refractivity contribution in [3.05, 3.63) is 84.2 Å². The summed E-state index contributed by atoms with van der Waals surface area (Å²) in [4.78, 5) is 24.2. The van der Waals surface area contributed by atoms with E-state index in [0.717, 1.165) is 12.1 Å². The molecule has 1 saturated heterocycles. The minimum atomic E-state index is -3.78. The molecule has 3 heterocycles. The Hall–Kier alpha value is -3.28. The van der Waals surface area contributed by atoms with Crippen LogP contribution in [0.5, 0.6) is 0 Å². The lowest BCUT2D eigenvalue weighted by atomic mass is 9.96. The Morgan fingerprint density at radius 3 is 2.44 bits per heavy atom. The summed E-state index contributed by atoms with van der Waals surface area (Å²) in [7, 11) is -3.78. The van der Waals surface area contributed by atoms with Crippen molar-refractivity contribution in [3.8, 4) is 0 Å². The van der Waals surface area contributed by atoms with Crippen molar-refractivity contribution in [2.24, 2.45) is 5.92 Å². The summed E-state index contributed by atoms with van der Waals surface area (Å²) in [5, 5.41) is 0.438. The quantitative estimate of drug-likeness (QED) is 0.365. The van der Waals surface area contributed by atoms with E-state index in [1.54, 1.807) is 23.2 Å². The fraction of sp³-hybridized carbons (Fsp3) is 0.240. The maximum atomic E-state index is 13.7. The first-order chi connectivity index (χ1) is 17.3. The van der Waals surface area contributed by atoms with Crippen LogP contribution in [0.4, 0.5) is 13.9 Å². The van der Waals surface area contributed by atoms with Gasteiger partial charge in [0, 0.05) is 25.2 Å². The van der Waals surface area contributed by atoms with Crippen LogP contribution in [0, 0.1) is 17.6 Å². The molecule has 1 aliphatic heterocycles. The zero-order chi connectivity index (χ0) is 25.3. The topological polar surface area (TPSA) is 83.5 Å². The average molecular weight is 529 g/mol. The first kappa shape index (κ1) is 24.4. The number of thiazole rings is 1. The maximum Gasteiger partial charge on any atom is 0.243 e. The molecular formula is C25H22F2N4O3S2. The molecule has 0 bridgehead atoms. The predicted octanol–water partition coefficient (Wildman–Crippen LogP) is 4.60. The van der Waals surface area contributed by atoms with E-state index in [9.17, 15) is 22.0 Å². The van der Waals surface area contributed by atoms with Gasteiger partial charge in [-0.15, -0.1) is 0 Å². The SMILES string of the molecule is O=C(C1CCN(S(=O)(=O)c2ccc(F)cc2)CC1)N(Cc1ccccn1)c1nc2ccc(F)cc2s1. The Bertz CT molecular complexity index is 1490. The summed E-state index contributed by atoms with van der Waals surface area (Å²) in [6, 6.07) is 14.4. The minimum absolute atomic E-state index is 0.0205. The molecule has 0 unspecified atom stereocenters. The molecule has 7 nitrogen and oxygen atoms in total. The van der Waals surface area contributed by atoms with Crippen molar-refractivity contribution in [1.82, 2.24) is 14.3 Å². The van der Waals surface area contributed by atoms with Gasteiger partial charge in [-0.2, -0.15) is 4.31 Å². The molecule has 0 atom stereocenters. The van der Waals surface area contributed by atoms with E-state index >= 15 is 0 Å². The second kappa shape index (κ2) is 10.00. The van der Waals surface area contributed by atoms with Crippen molar-refractivity contribution >= 4 is 42.6 Å². The van der Waals surface area contributed by atoms with Crippen molar-refractivity contribution < 1.29 is 22.0 Å². The highest BCUT2D eigenvalue weighted by molar-refractivity contribution is 7.89. The monoisotopic (exact) mass is 528 g/mol. The van der Waals surface area contributed by atoms with E-state index in [0.29, 0.717) is 33.9 Å². The van der Waals surface area contributed by atoms with E-state index in [2.05, 4.69) is 9.97 Å². The summed E-state index contributed by atoms with van der Waals surface area (Å²) in [5.74, 6) is -1.49. The predicted molar refractivity (Wildman–Crippen MR) is 133 cm³/mol. The van der Waals surface area contributed by atoms with E-state index in [1.165, 1.54) is 39.9 Å². The third-order valence-electron chi connectivity index (χ3n) is 6.14.